The number of hydrogen-bond donors (Lipinski definition) is 4. The van der Waals surface area contributed by atoms with Crippen molar-refractivity contribution in [2.45, 2.75) is 89.6 Å². The van der Waals surface area contributed by atoms with Gasteiger partial charge in [0.1, 0.15) is 54.5 Å². The minimum absolute atomic E-state index is 0.284. The van der Waals surface area contributed by atoms with Crippen LogP contribution in [0, 0.1) is 5.92 Å². The number of amides is 1. The largest absolute Gasteiger partial charge is 0.463 e. The molecule has 0 aliphatic carbocycles. The van der Waals surface area contributed by atoms with E-state index in [4.69, 9.17) is 30.2 Å². The number of carbonyl (C=O) groups is 2. The van der Waals surface area contributed by atoms with E-state index >= 15 is 0 Å². The Morgan fingerprint density at radius 3 is 2.57 bits per heavy atom. The molecule has 2 unspecified atom stereocenters. The highest BCUT2D eigenvalue weighted by Gasteiger charge is 2.45. The Bertz CT molecular complexity index is 1410. The molecule has 13 heteroatoms. The second-order valence-electron chi connectivity index (χ2n) is 11.8. The summed E-state index contributed by atoms with van der Waals surface area (Å²) in [5, 5.41) is 36.0. The number of nitrogens with one attached hydrogen (secondary N) is 1. The molecule has 1 fully saturated rings. The zero-order valence-corrected chi connectivity index (χ0v) is 26.8. The summed E-state index contributed by atoms with van der Waals surface area (Å²) in [6, 6.07) is 7.71. The zero-order chi connectivity index (χ0) is 32.2. The van der Waals surface area contributed by atoms with E-state index in [1.54, 1.807) is 64.4 Å². The van der Waals surface area contributed by atoms with Crippen LogP contribution in [-0.4, -0.2) is 75.0 Å². The lowest BCUT2D eigenvalue weighted by Gasteiger charge is -2.40. The van der Waals surface area contributed by atoms with Gasteiger partial charge in [-0.15, -0.1) is 11.3 Å². The summed E-state index contributed by atoms with van der Waals surface area (Å²) in [6.45, 7) is 8.35. The number of furan rings is 1. The van der Waals surface area contributed by atoms with Crippen molar-refractivity contribution in [2.75, 3.05) is 6.61 Å². The minimum Gasteiger partial charge on any atom is -0.463 e. The lowest BCUT2D eigenvalue weighted by atomic mass is 9.90. The second-order valence-corrected chi connectivity index (χ2v) is 13.4. The maximum absolute atomic E-state index is 13.1. The van der Waals surface area contributed by atoms with Gasteiger partial charge in [0.15, 0.2) is 0 Å². The number of halogens is 1. The average Bonchev–Trinajstić information content (AvgIpc) is 3.67. The third kappa shape index (κ3) is 8.38. The number of aliphatic hydroxyl groups excluding tert-OH is 3. The van der Waals surface area contributed by atoms with Crippen molar-refractivity contribution >= 4 is 35.0 Å². The lowest BCUT2D eigenvalue weighted by molar-refractivity contribution is -0.234. The molecule has 0 saturated carbocycles. The maximum atomic E-state index is 13.1. The Hall–Kier alpha value is -3.00. The van der Waals surface area contributed by atoms with E-state index in [0.717, 1.165) is 9.88 Å². The Labute approximate surface area is 265 Å². The molecule has 1 amide bonds. The topological polar surface area (TPSA) is 161 Å². The molecule has 1 aromatic carbocycles. The molecule has 3 heterocycles. The number of nitrogens with zero attached hydrogens (tertiary/aromatic N) is 1. The van der Waals surface area contributed by atoms with Crippen molar-refractivity contribution in [3.63, 3.8) is 0 Å². The van der Waals surface area contributed by atoms with Crippen LogP contribution in [0.5, 0.6) is 0 Å². The first-order chi connectivity index (χ1) is 20.8. The van der Waals surface area contributed by atoms with E-state index in [-0.39, 0.29) is 5.92 Å². The first kappa shape index (κ1) is 33.9. The van der Waals surface area contributed by atoms with Gasteiger partial charge < -0.3 is 39.3 Å². The molecule has 1 aliphatic rings. The number of rotatable bonds is 10. The summed E-state index contributed by atoms with van der Waals surface area (Å²) in [7, 11) is 0. The van der Waals surface area contributed by atoms with Crippen molar-refractivity contribution in [1.82, 2.24) is 10.3 Å². The Morgan fingerprint density at radius 1 is 1.16 bits per heavy atom. The minimum atomic E-state index is -1.59. The molecule has 0 bridgehead atoms. The SMILES string of the molecule is CCC(C)C(NC(=O)OC(C)(C)C)C(=O)OC[C@@H]1O[C@@H](c2ccc(Cl)c(Cc3ncc(-c4ccco4)s3)c2)[C@@H](O)[C@H](O)[C@@H]1O. The fraction of sp³-hybridized carbons (Fsp3) is 0.516. The second kappa shape index (κ2) is 14.4. The fourth-order valence-corrected chi connectivity index (χ4v) is 5.81. The predicted molar refractivity (Wildman–Crippen MR) is 163 cm³/mol. The normalized spacial score (nSPS) is 23.5. The van der Waals surface area contributed by atoms with Crippen LogP contribution in [0.1, 0.15) is 63.3 Å². The van der Waals surface area contributed by atoms with Crippen LogP contribution >= 0.6 is 22.9 Å². The summed E-state index contributed by atoms with van der Waals surface area (Å²) in [5.41, 5.74) is 0.463. The number of esters is 1. The van der Waals surface area contributed by atoms with Gasteiger partial charge in [0.05, 0.1) is 16.1 Å². The van der Waals surface area contributed by atoms with Crippen molar-refractivity contribution in [2.24, 2.45) is 5.92 Å². The molecule has 2 aromatic heterocycles. The van der Waals surface area contributed by atoms with Crippen molar-refractivity contribution in [1.29, 1.82) is 0 Å². The van der Waals surface area contributed by atoms with E-state index in [9.17, 15) is 24.9 Å². The molecule has 0 spiro atoms. The van der Waals surface area contributed by atoms with Crippen molar-refractivity contribution in [3.05, 3.63) is 63.9 Å². The predicted octanol–water partition coefficient (Wildman–Crippen LogP) is 4.65. The van der Waals surface area contributed by atoms with Gasteiger partial charge in [0.25, 0.3) is 0 Å². The monoisotopic (exact) mass is 650 g/mol. The van der Waals surface area contributed by atoms with E-state index < -0.39 is 60.8 Å². The van der Waals surface area contributed by atoms with Crippen LogP contribution in [-0.2, 0) is 25.4 Å². The average molecular weight is 651 g/mol. The number of benzene rings is 1. The number of aliphatic hydroxyl groups is 3. The smallest absolute Gasteiger partial charge is 0.408 e. The first-order valence-corrected chi connectivity index (χ1v) is 15.6. The van der Waals surface area contributed by atoms with Crippen LogP contribution in [0.2, 0.25) is 5.02 Å². The number of alkyl carbamates (subject to hydrolysis) is 1. The summed E-state index contributed by atoms with van der Waals surface area (Å²) in [4.78, 5) is 30.8. The molecule has 0 radical (unpaired) electrons. The number of aromatic nitrogens is 1. The van der Waals surface area contributed by atoms with Gasteiger partial charge in [-0.1, -0.05) is 44.0 Å². The molecule has 240 valence electrons. The van der Waals surface area contributed by atoms with Gasteiger partial charge in [-0.2, -0.15) is 0 Å². The molecule has 1 saturated heterocycles. The highest BCUT2D eigenvalue weighted by atomic mass is 35.5. The van der Waals surface area contributed by atoms with E-state index in [1.807, 2.05) is 13.0 Å². The lowest BCUT2D eigenvalue weighted by Crippen LogP contribution is -2.56. The van der Waals surface area contributed by atoms with Crippen LogP contribution in [0.25, 0.3) is 10.6 Å². The van der Waals surface area contributed by atoms with Gasteiger partial charge in [-0.3, -0.25) is 0 Å². The molecular formula is C31H39ClN2O9S. The standard InChI is InChI=1S/C31H39ClN2O9S/c1-6-16(2)24(34-30(39)43-31(3,4)5)29(38)41-15-21-25(35)26(36)27(37)28(42-21)17-9-10-19(32)18(12-17)13-23-33-14-22(44-23)20-8-7-11-40-20/h7-12,14,16,21,24-28,35-37H,6,13,15H2,1-5H3,(H,34,39)/t16?,21-,24?,25+,26+,27-,28-/m0/s1. The van der Waals surface area contributed by atoms with Crippen molar-refractivity contribution < 1.29 is 43.5 Å². The van der Waals surface area contributed by atoms with Crippen molar-refractivity contribution in [3.8, 4) is 10.6 Å². The molecule has 4 N–H and O–H groups in total. The molecule has 1 aliphatic heterocycles. The van der Waals surface area contributed by atoms with Gasteiger partial charge in [0.2, 0.25) is 0 Å². The van der Waals surface area contributed by atoms with E-state index in [0.29, 0.717) is 34.8 Å². The third-order valence-electron chi connectivity index (χ3n) is 7.30. The van der Waals surface area contributed by atoms with Gasteiger partial charge in [-0.05, 0) is 56.0 Å². The number of carbonyl (C=O) groups excluding carboxylic acids is 2. The highest BCUT2D eigenvalue weighted by molar-refractivity contribution is 7.15. The Balaban J connectivity index is 1.46. The Kier molecular flexibility index (Phi) is 11.1. The summed E-state index contributed by atoms with van der Waals surface area (Å²) in [5.74, 6) is -0.320. The molecule has 3 aromatic rings. The molecule has 44 heavy (non-hydrogen) atoms. The quantitative estimate of drug-likeness (QED) is 0.227. The number of ether oxygens (including phenoxy) is 3. The van der Waals surface area contributed by atoms with E-state index in [2.05, 4.69) is 10.3 Å². The van der Waals surface area contributed by atoms with Crippen LogP contribution in [0.4, 0.5) is 4.79 Å². The van der Waals surface area contributed by atoms with E-state index in [1.165, 1.54) is 11.3 Å². The molecule has 7 atom stereocenters. The first-order valence-electron chi connectivity index (χ1n) is 14.4. The van der Waals surface area contributed by atoms with Crippen LogP contribution < -0.4 is 5.32 Å². The molecule has 4 rings (SSSR count). The van der Waals surface area contributed by atoms with Crippen LogP contribution in [0.15, 0.2) is 47.2 Å². The molecule has 11 nitrogen and oxygen atoms in total. The number of thiazole rings is 1. The zero-order valence-electron chi connectivity index (χ0n) is 25.2. The summed E-state index contributed by atoms with van der Waals surface area (Å²) >= 11 is 7.96. The third-order valence-corrected chi connectivity index (χ3v) is 8.68. The number of hydrogen-bond acceptors (Lipinski definition) is 11. The highest BCUT2D eigenvalue weighted by Crippen LogP contribution is 2.35. The summed E-state index contributed by atoms with van der Waals surface area (Å²) < 4.78 is 22.2. The van der Waals surface area contributed by atoms with Crippen LogP contribution in [0.3, 0.4) is 0 Å². The van der Waals surface area contributed by atoms with Gasteiger partial charge in [-0.25, -0.2) is 14.6 Å². The molecular weight excluding hydrogens is 612 g/mol. The fourth-order valence-electron chi connectivity index (χ4n) is 4.72. The van der Waals surface area contributed by atoms with Gasteiger partial charge in [0, 0.05) is 17.6 Å². The van der Waals surface area contributed by atoms with Gasteiger partial charge >= 0.3 is 12.1 Å². The maximum Gasteiger partial charge on any atom is 0.408 e. The summed E-state index contributed by atoms with van der Waals surface area (Å²) in [6.07, 6.45) is -3.32. The Morgan fingerprint density at radius 2 is 1.91 bits per heavy atom.